The lowest BCUT2D eigenvalue weighted by molar-refractivity contribution is 0.0343. The lowest BCUT2D eigenvalue weighted by atomic mass is 10.1. The molecule has 0 saturated carbocycles. The Morgan fingerprint density at radius 1 is 0.763 bits per heavy atom. The number of amides is 3. The molecule has 0 bridgehead atoms. The minimum Gasteiger partial charge on any atom is -0.465 e. The van der Waals surface area contributed by atoms with Gasteiger partial charge in [0.25, 0.3) is 11.8 Å². The van der Waals surface area contributed by atoms with Crippen molar-refractivity contribution >= 4 is 57.7 Å². The molecular weight excluding hydrogens is 761 g/mol. The van der Waals surface area contributed by atoms with E-state index in [1.54, 1.807) is 38.1 Å². The first-order chi connectivity index (χ1) is 28.4. The van der Waals surface area contributed by atoms with Crippen molar-refractivity contribution in [3.63, 3.8) is 0 Å². The summed E-state index contributed by atoms with van der Waals surface area (Å²) >= 11 is 0. The van der Waals surface area contributed by atoms with Gasteiger partial charge in [-0.15, -0.1) is 0 Å². The molecule has 4 aromatic heterocycles. The van der Waals surface area contributed by atoms with Crippen LogP contribution in [0.1, 0.15) is 90.0 Å². The molecule has 0 atom stereocenters. The summed E-state index contributed by atoms with van der Waals surface area (Å²) in [6.45, 7) is 12.4. The number of ether oxygens (including phenoxy) is 2. The third kappa shape index (κ3) is 8.35. The van der Waals surface area contributed by atoms with Crippen LogP contribution in [0.4, 0.5) is 11.9 Å². The SMILES string of the molecule is CCc1nc(C)oc1C(=O)Nc1nc2cc(C(=O)OC)cc(C)c2n1C/C=C/Cn1c(NC(=O)c2oc(C)nc2CC)nc2cc(C(N)=O)cc(CN3CCOCC3)c21. The van der Waals surface area contributed by atoms with Gasteiger partial charge >= 0.3 is 5.97 Å². The number of nitrogens with two attached hydrogens (primary N) is 1. The second kappa shape index (κ2) is 17.1. The third-order valence-electron chi connectivity index (χ3n) is 10.0. The van der Waals surface area contributed by atoms with E-state index in [1.165, 1.54) is 7.11 Å². The summed E-state index contributed by atoms with van der Waals surface area (Å²) < 4.78 is 25.6. The van der Waals surface area contributed by atoms with Crippen LogP contribution in [-0.4, -0.2) is 91.1 Å². The Morgan fingerprint density at radius 2 is 1.29 bits per heavy atom. The molecule has 59 heavy (non-hydrogen) atoms. The van der Waals surface area contributed by atoms with E-state index in [0.29, 0.717) is 96.5 Å². The van der Waals surface area contributed by atoms with Gasteiger partial charge in [0.1, 0.15) is 0 Å². The minimum absolute atomic E-state index is 0.0874. The highest BCUT2D eigenvalue weighted by atomic mass is 16.5. The fraction of sp³-hybridized carbons (Fsp3) is 0.366. The second-order valence-electron chi connectivity index (χ2n) is 14.1. The number of fused-ring (bicyclic) bond motifs is 2. The molecule has 18 heteroatoms. The van der Waals surface area contributed by atoms with Crippen molar-refractivity contribution in [3.05, 3.63) is 93.4 Å². The number of aryl methyl sites for hydroxylation is 5. The molecule has 1 saturated heterocycles. The highest BCUT2D eigenvalue weighted by Gasteiger charge is 2.25. The van der Waals surface area contributed by atoms with E-state index in [1.807, 2.05) is 42.1 Å². The molecule has 0 aliphatic carbocycles. The average molecular weight is 807 g/mol. The van der Waals surface area contributed by atoms with Gasteiger partial charge in [-0.25, -0.2) is 24.7 Å². The predicted molar refractivity (Wildman–Crippen MR) is 216 cm³/mol. The molecule has 308 valence electrons. The Morgan fingerprint density at radius 3 is 1.81 bits per heavy atom. The number of nitrogens with zero attached hydrogens (tertiary/aromatic N) is 7. The number of anilines is 2. The summed E-state index contributed by atoms with van der Waals surface area (Å²) in [6, 6.07) is 6.70. The van der Waals surface area contributed by atoms with E-state index < -0.39 is 23.7 Å². The molecule has 0 unspecified atom stereocenters. The number of hydrogen-bond acceptors (Lipinski definition) is 13. The fourth-order valence-corrected chi connectivity index (χ4v) is 7.33. The number of primary amides is 1. The number of allylic oxidation sites excluding steroid dienone is 2. The maximum Gasteiger partial charge on any atom is 0.337 e. The summed E-state index contributed by atoms with van der Waals surface area (Å²) in [5, 5.41) is 5.82. The largest absolute Gasteiger partial charge is 0.465 e. The van der Waals surface area contributed by atoms with Gasteiger partial charge in [-0.1, -0.05) is 26.0 Å². The van der Waals surface area contributed by atoms with E-state index in [9.17, 15) is 19.2 Å². The van der Waals surface area contributed by atoms with E-state index in [2.05, 4.69) is 25.5 Å². The Labute approximate surface area is 338 Å². The van der Waals surface area contributed by atoms with Crippen molar-refractivity contribution in [1.29, 1.82) is 0 Å². The number of hydrogen-bond donors (Lipinski definition) is 3. The zero-order valence-corrected chi connectivity index (χ0v) is 33.8. The molecule has 1 fully saturated rings. The van der Waals surface area contributed by atoms with E-state index in [-0.39, 0.29) is 42.1 Å². The summed E-state index contributed by atoms with van der Waals surface area (Å²) in [7, 11) is 1.31. The Hall–Kier alpha value is -6.66. The van der Waals surface area contributed by atoms with Crippen LogP contribution in [0.2, 0.25) is 0 Å². The molecule has 5 heterocycles. The molecule has 7 rings (SSSR count). The molecule has 3 amide bonds. The molecular formula is C41H46N10O8. The average Bonchev–Trinajstić information content (AvgIpc) is 3.98. The normalized spacial score (nSPS) is 13.5. The number of rotatable bonds is 14. The van der Waals surface area contributed by atoms with Crippen LogP contribution in [0.15, 0.2) is 45.3 Å². The Kier molecular flexibility index (Phi) is 11.7. The Bertz CT molecular complexity index is 2620. The summed E-state index contributed by atoms with van der Waals surface area (Å²) in [4.78, 5) is 72.8. The molecule has 2 aromatic carbocycles. The van der Waals surface area contributed by atoms with Crippen LogP contribution in [0.3, 0.4) is 0 Å². The minimum atomic E-state index is -0.603. The fourth-order valence-electron chi connectivity index (χ4n) is 7.33. The van der Waals surface area contributed by atoms with Crippen LogP contribution >= 0.6 is 0 Å². The zero-order chi connectivity index (χ0) is 42.0. The number of nitrogens with one attached hydrogen (secondary N) is 2. The van der Waals surface area contributed by atoms with Crippen LogP contribution < -0.4 is 16.4 Å². The molecule has 6 aromatic rings. The van der Waals surface area contributed by atoms with Crippen molar-refractivity contribution in [2.45, 2.75) is 67.1 Å². The topological polar surface area (TPSA) is 228 Å². The summed E-state index contributed by atoms with van der Waals surface area (Å²) in [6.07, 6.45) is 4.77. The maximum absolute atomic E-state index is 13.7. The molecule has 4 N–H and O–H groups in total. The highest BCUT2D eigenvalue weighted by Crippen LogP contribution is 2.29. The van der Waals surface area contributed by atoms with E-state index >= 15 is 0 Å². The van der Waals surface area contributed by atoms with Crippen LogP contribution in [0.5, 0.6) is 0 Å². The number of benzene rings is 2. The first kappa shape index (κ1) is 40.5. The predicted octanol–water partition coefficient (Wildman–Crippen LogP) is 4.89. The van der Waals surface area contributed by atoms with Crippen molar-refractivity contribution in [1.82, 2.24) is 34.0 Å². The van der Waals surface area contributed by atoms with Gasteiger partial charge in [-0.05, 0) is 55.2 Å². The van der Waals surface area contributed by atoms with E-state index in [4.69, 9.17) is 34.0 Å². The Balaban J connectivity index is 1.28. The highest BCUT2D eigenvalue weighted by molar-refractivity contribution is 6.04. The number of methoxy groups -OCH3 is 1. The van der Waals surface area contributed by atoms with Gasteiger partial charge in [0.15, 0.2) is 11.8 Å². The maximum atomic E-state index is 13.7. The number of esters is 1. The lowest BCUT2D eigenvalue weighted by Crippen LogP contribution is -2.35. The van der Waals surface area contributed by atoms with Gasteiger partial charge in [0.2, 0.25) is 29.3 Å². The van der Waals surface area contributed by atoms with Crippen LogP contribution in [0.25, 0.3) is 22.1 Å². The molecule has 0 spiro atoms. The number of carbonyl (C=O) groups is 4. The quantitative estimate of drug-likeness (QED) is 0.0985. The van der Waals surface area contributed by atoms with Gasteiger partial charge in [0, 0.05) is 52.1 Å². The number of aromatic nitrogens is 6. The second-order valence-corrected chi connectivity index (χ2v) is 14.1. The van der Waals surface area contributed by atoms with Crippen molar-refractivity contribution in [2.24, 2.45) is 5.73 Å². The molecule has 18 nitrogen and oxygen atoms in total. The molecule has 1 aliphatic rings. The third-order valence-corrected chi connectivity index (χ3v) is 10.0. The molecule has 0 radical (unpaired) electrons. The van der Waals surface area contributed by atoms with Gasteiger partial charge in [-0.3, -0.25) is 29.9 Å². The van der Waals surface area contributed by atoms with Gasteiger partial charge in [-0.2, -0.15) is 0 Å². The van der Waals surface area contributed by atoms with E-state index in [0.717, 1.165) is 11.1 Å². The lowest BCUT2D eigenvalue weighted by Gasteiger charge is -2.27. The standard InChI is InChI=1S/C41H46N10O8/c1-7-28-34(58-23(4)43-28)37(53)47-40-45-30-20-26(39(55)56-6)17-22(3)32(30)50(40)11-9-10-12-51-33-27(21-49-13-15-57-16-14-49)18-25(36(42)52)19-31(33)46-41(51)48-38(54)35-29(8-2)44-24(5)59-35/h9-10,17-20H,7-8,11-16,21H2,1-6H3,(H2,42,52)(H,45,47,53)(H,46,48,54)/b10-9+. The van der Waals surface area contributed by atoms with Crippen LogP contribution in [-0.2, 0) is 41.9 Å². The first-order valence-electron chi connectivity index (χ1n) is 19.3. The van der Waals surface area contributed by atoms with Gasteiger partial charge < -0.3 is 33.2 Å². The first-order valence-corrected chi connectivity index (χ1v) is 19.3. The number of morpholine rings is 1. The number of oxazole rings is 2. The van der Waals surface area contributed by atoms with Crippen molar-refractivity contribution in [3.8, 4) is 0 Å². The summed E-state index contributed by atoms with van der Waals surface area (Å²) in [5.74, 6) is -0.813. The smallest absolute Gasteiger partial charge is 0.337 e. The monoisotopic (exact) mass is 806 g/mol. The van der Waals surface area contributed by atoms with Crippen LogP contribution in [0, 0.1) is 20.8 Å². The summed E-state index contributed by atoms with van der Waals surface area (Å²) in [5.41, 5.74) is 11.3. The number of carbonyl (C=O) groups excluding carboxylic acids is 4. The van der Waals surface area contributed by atoms with Gasteiger partial charge in [0.05, 0.1) is 59.3 Å². The molecule has 1 aliphatic heterocycles. The van der Waals surface area contributed by atoms with Crippen molar-refractivity contribution < 1.29 is 37.5 Å². The zero-order valence-electron chi connectivity index (χ0n) is 33.8. The van der Waals surface area contributed by atoms with Crippen molar-refractivity contribution in [2.75, 3.05) is 44.0 Å². The number of imidazole rings is 2.